The van der Waals surface area contributed by atoms with E-state index in [1.165, 1.54) is 61.2 Å². The molecule has 4 heterocycles. The molecule has 0 aliphatic carbocycles. The van der Waals surface area contributed by atoms with Gasteiger partial charge in [-0.1, -0.05) is 54.6 Å². The molecule has 0 unspecified atom stereocenters. The fourth-order valence-corrected chi connectivity index (χ4v) is 6.01. The van der Waals surface area contributed by atoms with E-state index in [-0.39, 0.29) is 0 Å². The van der Waals surface area contributed by atoms with Gasteiger partial charge in [-0.25, -0.2) is 16.8 Å². The van der Waals surface area contributed by atoms with Crippen LogP contribution < -0.4 is 14.0 Å². The van der Waals surface area contributed by atoms with Crippen LogP contribution in [0.15, 0.2) is 91.3 Å². The Hall–Kier alpha value is -4.84. The van der Waals surface area contributed by atoms with Crippen molar-refractivity contribution in [3.63, 3.8) is 0 Å². The molecule has 0 fully saturated rings. The van der Waals surface area contributed by atoms with Crippen molar-refractivity contribution >= 4 is 48.8 Å². The molecular formula is C36H31F6N3O6S2. The van der Waals surface area contributed by atoms with Gasteiger partial charge in [0.25, 0.3) is 0 Å². The number of hydrogen-bond acceptors (Lipinski definition) is 7. The predicted molar refractivity (Wildman–Crippen MR) is 184 cm³/mol. The van der Waals surface area contributed by atoms with E-state index in [0.717, 1.165) is 25.9 Å². The van der Waals surface area contributed by atoms with Gasteiger partial charge in [-0.2, -0.15) is 35.5 Å². The Labute approximate surface area is 301 Å². The molecule has 2 aliphatic rings. The number of benzene rings is 3. The van der Waals surface area contributed by atoms with Gasteiger partial charge in [-0.3, -0.25) is 0 Å². The zero-order valence-electron chi connectivity index (χ0n) is 28.0. The number of aryl methyl sites for hydroxylation is 4. The minimum atomic E-state index is -6.09. The van der Waals surface area contributed by atoms with Crippen molar-refractivity contribution in [3.8, 4) is 22.5 Å². The zero-order chi connectivity index (χ0) is 38.9. The minimum absolute atomic E-state index is 1.02. The van der Waals surface area contributed by atoms with E-state index in [1.54, 1.807) is 0 Å². The molecule has 5 aromatic rings. The zero-order valence-corrected chi connectivity index (χ0v) is 29.7. The second kappa shape index (κ2) is 14.9. The number of rotatable bonds is 3. The molecule has 9 nitrogen and oxygen atoms in total. The van der Waals surface area contributed by atoms with Crippen LogP contribution in [-0.4, -0.2) is 51.1 Å². The normalized spacial score (nSPS) is 13.8. The Morgan fingerprint density at radius 3 is 1.74 bits per heavy atom. The minimum Gasteiger partial charge on any atom is -0.741 e. The molecular weight excluding hydrogens is 749 g/mol. The third kappa shape index (κ3) is 8.87. The van der Waals surface area contributed by atoms with Gasteiger partial charge in [0, 0.05) is 50.8 Å². The number of hydrogen-bond donors (Lipinski definition) is 0. The van der Waals surface area contributed by atoms with Gasteiger partial charge in [-0.05, 0) is 45.8 Å². The highest BCUT2D eigenvalue weighted by molar-refractivity contribution is 7.86. The maximum absolute atomic E-state index is 10.7. The first-order valence-electron chi connectivity index (χ1n) is 15.8. The predicted octanol–water partition coefficient (Wildman–Crippen LogP) is 6.20. The second-order valence-electron chi connectivity index (χ2n) is 12.2. The lowest BCUT2D eigenvalue weighted by molar-refractivity contribution is -0.689. The lowest BCUT2D eigenvalue weighted by Crippen LogP contribution is -2.43. The number of aromatic nitrogens is 2. The first-order chi connectivity index (χ1) is 24.7. The summed E-state index contributed by atoms with van der Waals surface area (Å²) in [7, 11) is -8.03. The summed E-state index contributed by atoms with van der Waals surface area (Å²) in [6, 6.07) is 29.2. The average Bonchev–Trinajstić information content (AvgIpc) is 3.09. The summed E-state index contributed by atoms with van der Waals surface area (Å²) in [6.45, 7) is 2.05. The Morgan fingerprint density at radius 1 is 0.660 bits per heavy atom. The molecule has 0 saturated carbocycles. The summed E-state index contributed by atoms with van der Waals surface area (Å²) in [5.74, 6) is 0. The molecule has 7 rings (SSSR count). The van der Waals surface area contributed by atoms with Crippen molar-refractivity contribution in [2.24, 2.45) is 0 Å². The third-order valence-electron chi connectivity index (χ3n) is 8.56. The molecule has 53 heavy (non-hydrogen) atoms. The Balaban J connectivity index is 0.000000285. The lowest BCUT2D eigenvalue weighted by atomic mass is 9.83. The Kier molecular flexibility index (Phi) is 11.1. The van der Waals surface area contributed by atoms with Crippen LogP contribution in [0.4, 0.5) is 32.0 Å². The average molecular weight is 780 g/mol. The summed E-state index contributed by atoms with van der Waals surface area (Å²) in [5, 5.41) is 2.65. The summed E-state index contributed by atoms with van der Waals surface area (Å²) < 4.78 is 123. The number of alkyl halides is 6. The van der Waals surface area contributed by atoms with Crippen LogP contribution in [0.2, 0.25) is 0 Å². The molecule has 280 valence electrons. The van der Waals surface area contributed by atoms with Crippen molar-refractivity contribution in [2.75, 3.05) is 19.0 Å². The van der Waals surface area contributed by atoms with E-state index in [2.05, 4.69) is 132 Å². The van der Waals surface area contributed by atoms with Crippen LogP contribution in [0, 0.1) is 0 Å². The molecule has 0 amide bonds. The first-order valence-corrected chi connectivity index (χ1v) is 18.6. The van der Waals surface area contributed by atoms with Gasteiger partial charge in [0.05, 0.1) is 16.5 Å². The van der Waals surface area contributed by atoms with Gasteiger partial charge in [0.15, 0.2) is 45.7 Å². The molecule has 0 bridgehead atoms. The molecule has 0 spiro atoms. The van der Waals surface area contributed by atoms with E-state index < -0.39 is 31.3 Å². The fraction of sp³-hybridized carbons (Fsp3) is 0.222. The van der Waals surface area contributed by atoms with Gasteiger partial charge in [-0.15, -0.1) is 0 Å². The van der Waals surface area contributed by atoms with E-state index in [0.29, 0.717) is 0 Å². The van der Waals surface area contributed by atoms with E-state index >= 15 is 0 Å². The third-order valence-corrected chi connectivity index (χ3v) is 9.69. The van der Waals surface area contributed by atoms with Crippen LogP contribution in [-0.2, 0) is 46.2 Å². The van der Waals surface area contributed by atoms with Crippen molar-refractivity contribution in [1.29, 1.82) is 0 Å². The molecule has 2 aliphatic heterocycles. The highest BCUT2D eigenvalue weighted by Crippen LogP contribution is 2.41. The second-order valence-corrected chi connectivity index (χ2v) is 15.0. The van der Waals surface area contributed by atoms with Gasteiger partial charge in [0.1, 0.15) is 0 Å². The molecule has 2 aromatic heterocycles. The summed E-state index contributed by atoms with van der Waals surface area (Å²) in [5.41, 5.74) is 0.825. The molecule has 0 atom stereocenters. The maximum Gasteiger partial charge on any atom is 0.485 e. The summed E-state index contributed by atoms with van der Waals surface area (Å²) in [6.07, 6.45) is 11.1. The smallest absolute Gasteiger partial charge is 0.485 e. The Morgan fingerprint density at radius 2 is 1.17 bits per heavy atom. The molecule has 0 N–H and O–H groups in total. The first kappa shape index (κ1) is 39.4. The lowest BCUT2D eigenvalue weighted by Gasteiger charge is -2.23. The number of fused-ring (bicyclic) bond motifs is 9. The van der Waals surface area contributed by atoms with Crippen molar-refractivity contribution in [3.05, 3.63) is 114 Å². The fourth-order valence-electron chi connectivity index (χ4n) is 6.01. The highest BCUT2D eigenvalue weighted by atomic mass is 32.2. The summed E-state index contributed by atoms with van der Waals surface area (Å²) >= 11 is 0. The quantitative estimate of drug-likeness (QED) is 0.0925. The molecule has 0 saturated heterocycles. The monoisotopic (exact) mass is 779 g/mol. The topological polar surface area (TPSA) is 125 Å². The van der Waals surface area contributed by atoms with Crippen LogP contribution in [0.3, 0.4) is 0 Å². The molecule has 3 aromatic carbocycles. The van der Waals surface area contributed by atoms with Gasteiger partial charge in [0.2, 0.25) is 11.4 Å². The van der Waals surface area contributed by atoms with E-state index in [9.17, 15) is 26.3 Å². The van der Waals surface area contributed by atoms with Crippen molar-refractivity contribution < 1.29 is 61.4 Å². The maximum atomic E-state index is 10.7. The summed E-state index contributed by atoms with van der Waals surface area (Å²) in [4.78, 5) is 2.13. The SMILES string of the molecule is CN(C)c1ccc(/C=C/c2cc[n+]3c(c2)-c2c(ccc4c2-c2c5ccccc5cc[n+]2CC4)CC3)cc1.O=S(=O)([O-])C(F)(F)F.O=S(=O)([O-])C(F)(F)F. The standard InChI is InChI=1S/C34H31N3.2CHF3O3S/c1-35(2)29-13-9-24(10-14-29)7-8-25-15-19-36-20-17-27-11-12-28-18-22-37-21-16-26-5-3-4-6-30(26)34(37)33(28)32(27)31(36)23-25;2*2-1(3,4)8(5,6)7/h3-16,19,21,23H,17-18,20,22H2,1-2H3;2*(H,5,6,7)/q+2;;/p-2. The number of pyridine rings is 2. The van der Waals surface area contributed by atoms with Crippen LogP contribution >= 0.6 is 0 Å². The number of nitrogens with zero attached hydrogens (tertiary/aromatic N) is 3. The van der Waals surface area contributed by atoms with E-state index in [1.807, 2.05) is 0 Å². The van der Waals surface area contributed by atoms with E-state index in [4.69, 9.17) is 25.9 Å². The van der Waals surface area contributed by atoms with Crippen LogP contribution in [0.25, 0.3) is 45.4 Å². The molecule has 0 radical (unpaired) electrons. The van der Waals surface area contributed by atoms with Crippen molar-refractivity contribution in [1.82, 2.24) is 0 Å². The number of halogens is 6. The van der Waals surface area contributed by atoms with Gasteiger partial charge < -0.3 is 14.0 Å². The highest BCUT2D eigenvalue weighted by Gasteiger charge is 2.38. The van der Waals surface area contributed by atoms with Crippen molar-refractivity contribution in [2.45, 2.75) is 36.9 Å². The van der Waals surface area contributed by atoms with Gasteiger partial charge >= 0.3 is 11.0 Å². The largest absolute Gasteiger partial charge is 0.741 e. The number of anilines is 1. The Bertz CT molecular complexity index is 2370. The van der Waals surface area contributed by atoms with Crippen LogP contribution in [0.5, 0.6) is 0 Å². The molecule has 17 heteroatoms. The van der Waals surface area contributed by atoms with Crippen LogP contribution in [0.1, 0.15) is 22.3 Å².